The largest absolute Gasteiger partial charge is 0.453 e. The standard InChI is InChI=1S/C24H23F3N4O4S/c1-28-36(33,15-10-11-22(29-12-15)24(25,26)27)30-16-13-34-14-19(23(16)32)31-17-6-2-4-8-20(17)35-21-9-5-3-7-18(21)31/h2-12,16,19,23,32H,13-14H2,1H3,(H,28,30,33). The second kappa shape index (κ2) is 9.36. The molecule has 2 N–H and O–H groups in total. The Balaban J connectivity index is 1.45. The number of alkyl halides is 3. The number of aromatic nitrogens is 1. The molecule has 1 aromatic heterocycles. The summed E-state index contributed by atoms with van der Waals surface area (Å²) in [5.41, 5.74) is 0.365. The summed E-state index contributed by atoms with van der Waals surface area (Å²) in [5.74, 6) is 1.23. The van der Waals surface area contributed by atoms with E-state index in [2.05, 4.69) is 14.1 Å². The molecule has 2 aliphatic rings. The van der Waals surface area contributed by atoms with Crippen molar-refractivity contribution in [1.82, 2.24) is 9.71 Å². The summed E-state index contributed by atoms with van der Waals surface area (Å²) in [5, 5.41) is 11.4. The highest BCUT2D eigenvalue weighted by molar-refractivity contribution is 7.91. The Morgan fingerprint density at radius 1 is 1.06 bits per heavy atom. The number of benzene rings is 2. The molecule has 12 heteroatoms. The number of anilines is 2. The highest BCUT2D eigenvalue weighted by Gasteiger charge is 2.41. The van der Waals surface area contributed by atoms with Gasteiger partial charge in [0.15, 0.2) is 11.5 Å². The predicted octanol–water partition coefficient (Wildman–Crippen LogP) is 4.13. The van der Waals surface area contributed by atoms with Gasteiger partial charge in [-0.05, 0) is 36.4 Å². The van der Waals surface area contributed by atoms with Crippen LogP contribution in [0.4, 0.5) is 24.5 Å². The van der Waals surface area contributed by atoms with Crippen molar-refractivity contribution in [3.05, 3.63) is 72.6 Å². The zero-order valence-electron chi connectivity index (χ0n) is 19.1. The average molecular weight is 521 g/mol. The van der Waals surface area contributed by atoms with E-state index in [1.165, 1.54) is 7.05 Å². The van der Waals surface area contributed by atoms with Gasteiger partial charge in [-0.3, -0.25) is 4.98 Å². The van der Waals surface area contributed by atoms with Crippen LogP contribution in [0.5, 0.6) is 11.5 Å². The molecular formula is C24H23F3N4O4S. The number of nitrogens with one attached hydrogen (secondary N) is 1. The van der Waals surface area contributed by atoms with Gasteiger partial charge in [-0.2, -0.15) is 13.2 Å². The lowest BCUT2D eigenvalue weighted by molar-refractivity contribution is -0.141. The number of nitrogens with zero attached hydrogens (tertiary/aromatic N) is 3. The fourth-order valence-electron chi connectivity index (χ4n) is 4.35. The van der Waals surface area contributed by atoms with E-state index in [1.807, 2.05) is 53.4 Å². The number of aliphatic hydroxyl groups excluding tert-OH is 1. The third kappa shape index (κ3) is 4.41. The van der Waals surface area contributed by atoms with E-state index in [1.54, 1.807) is 0 Å². The lowest BCUT2D eigenvalue weighted by Gasteiger charge is -2.44. The molecule has 190 valence electrons. The summed E-state index contributed by atoms with van der Waals surface area (Å²) in [6.45, 7) is 0.195. The molecule has 2 aromatic carbocycles. The van der Waals surface area contributed by atoms with Gasteiger partial charge in [0.1, 0.15) is 15.6 Å². The summed E-state index contributed by atoms with van der Waals surface area (Å²) in [6.07, 6.45) is -4.82. The Kier molecular flexibility index (Phi) is 6.37. The van der Waals surface area contributed by atoms with Crippen LogP contribution in [-0.2, 0) is 20.8 Å². The molecule has 3 heterocycles. The lowest BCUT2D eigenvalue weighted by atomic mass is 9.98. The molecule has 5 rings (SSSR count). The molecule has 36 heavy (non-hydrogen) atoms. The summed E-state index contributed by atoms with van der Waals surface area (Å²) in [7, 11) is -2.13. The molecule has 3 aromatic rings. The van der Waals surface area contributed by atoms with Gasteiger partial charge in [0.05, 0.1) is 47.7 Å². The SMILES string of the molecule is CN=S(=O)(NC1COCC(N2c3ccccc3Oc3ccccc32)C1O)c1ccc(C(F)(F)F)nc1. The van der Waals surface area contributed by atoms with Gasteiger partial charge >= 0.3 is 6.18 Å². The van der Waals surface area contributed by atoms with Gasteiger partial charge in [-0.1, -0.05) is 24.3 Å². The van der Waals surface area contributed by atoms with Crippen molar-refractivity contribution in [3.8, 4) is 11.5 Å². The van der Waals surface area contributed by atoms with Crippen LogP contribution in [0, 0.1) is 0 Å². The summed E-state index contributed by atoms with van der Waals surface area (Å²) >= 11 is 0. The first-order valence-corrected chi connectivity index (χ1v) is 12.6. The Bertz CT molecular complexity index is 1330. The number of pyridine rings is 1. The maximum absolute atomic E-state index is 13.6. The first-order chi connectivity index (χ1) is 17.2. The third-order valence-electron chi connectivity index (χ3n) is 6.11. The molecule has 0 radical (unpaired) electrons. The van der Waals surface area contributed by atoms with Gasteiger partial charge in [0.25, 0.3) is 0 Å². The van der Waals surface area contributed by atoms with Crippen LogP contribution in [0.2, 0.25) is 0 Å². The molecule has 1 fully saturated rings. The second-order valence-corrected chi connectivity index (χ2v) is 10.4. The number of rotatable bonds is 4. The maximum atomic E-state index is 13.6. The molecule has 0 bridgehead atoms. The number of fused-ring (bicyclic) bond motifs is 2. The Labute approximate surface area is 206 Å². The van der Waals surface area contributed by atoms with E-state index < -0.39 is 40.0 Å². The fraction of sp³-hybridized carbons (Fsp3) is 0.292. The van der Waals surface area contributed by atoms with E-state index >= 15 is 0 Å². The van der Waals surface area contributed by atoms with Crippen LogP contribution < -0.4 is 14.4 Å². The van der Waals surface area contributed by atoms with Gasteiger partial charge in [-0.15, -0.1) is 0 Å². The molecule has 4 atom stereocenters. The van der Waals surface area contributed by atoms with Crippen LogP contribution in [0.1, 0.15) is 5.69 Å². The fourth-order valence-corrected chi connectivity index (χ4v) is 5.86. The highest BCUT2D eigenvalue weighted by atomic mass is 32.2. The molecule has 1 saturated heterocycles. The zero-order valence-corrected chi connectivity index (χ0v) is 19.9. The number of ether oxygens (including phenoxy) is 2. The summed E-state index contributed by atoms with van der Waals surface area (Å²) in [6, 6.07) is 15.2. The van der Waals surface area contributed by atoms with Crippen LogP contribution in [0.3, 0.4) is 0 Å². The van der Waals surface area contributed by atoms with Gasteiger partial charge in [0.2, 0.25) is 0 Å². The van der Waals surface area contributed by atoms with Crippen molar-refractivity contribution in [2.75, 3.05) is 25.2 Å². The number of hydrogen-bond acceptors (Lipinski definition) is 7. The van der Waals surface area contributed by atoms with E-state index in [0.717, 1.165) is 29.7 Å². The van der Waals surface area contributed by atoms with Crippen molar-refractivity contribution in [2.24, 2.45) is 4.36 Å². The minimum Gasteiger partial charge on any atom is -0.453 e. The predicted molar refractivity (Wildman–Crippen MR) is 127 cm³/mol. The Hall–Kier alpha value is -3.19. The van der Waals surface area contributed by atoms with E-state index in [9.17, 15) is 22.5 Å². The molecule has 0 spiro atoms. The van der Waals surface area contributed by atoms with Crippen molar-refractivity contribution < 1.29 is 32.0 Å². The minimum absolute atomic E-state index is 0.0197. The molecule has 0 aliphatic carbocycles. The van der Waals surface area contributed by atoms with Crippen molar-refractivity contribution in [2.45, 2.75) is 29.3 Å². The highest BCUT2D eigenvalue weighted by Crippen LogP contribution is 2.48. The van der Waals surface area contributed by atoms with Crippen LogP contribution in [0.15, 0.2) is 76.1 Å². The minimum atomic E-state index is -4.62. The first kappa shape index (κ1) is 24.5. The first-order valence-electron chi connectivity index (χ1n) is 11.1. The number of aliphatic hydroxyl groups is 1. The van der Waals surface area contributed by atoms with E-state index in [0.29, 0.717) is 11.5 Å². The Morgan fingerprint density at radius 2 is 1.69 bits per heavy atom. The smallest absolute Gasteiger partial charge is 0.433 e. The maximum Gasteiger partial charge on any atom is 0.433 e. The quantitative estimate of drug-likeness (QED) is 0.537. The molecule has 0 saturated carbocycles. The summed E-state index contributed by atoms with van der Waals surface area (Å²) < 4.78 is 70.9. The van der Waals surface area contributed by atoms with Crippen molar-refractivity contribution >= 4 is 21.3 Å². The van der Waals surface area contributed by atoms with Crippen LogP contribution in [0.25, 0.3) is 0 Å². The zero-order chi connectivity index (χ0) is 25.5. The number of hydrogen-bond donors (Lipinski definition) is 2. The Morgan fingerprint density at radius 3 is 2.25 bits per heavy atom. The third-order valence-corrected chi connectivity index (χ3v) is 8.13. The van der Waals surface area contributed by atoms with E-state index in [4.69, 9.17) is 9.47 Å². The van der Waals surface area contributed by atoms with Crippen LogP contribution >= 0.6 is 0 Å². The van der Waals surface area contributed by atoms with Gasteiger partial charge < -0.3 is 19.5 Å². The molecule has 4 unspecified atom stereocenters. The number of halogens is 3. The molecule has 0 amide bonds. The van der Waals surface area contributed by atoms with Gasteiger partial charge in [-0.25, -0.2) is 13.3 Å². The normalized spacial score (nSPS) is 23.1. The van der Waals surface area contributed by atoms with Crippen molar-refractivity contribution in [3.63, 3.8) is 0 Å². The van der Waals surface area contributed by atoms with E-state index in [-0.39, 0.29) is 18.1 Å². The average Bonchev–Trinajstić information content (AvgIpc) is 2.88. The molecular weight excluding hydrogens is 497 g/mol. The monoisotopic (exact) mass is 520 g/mol. The topological polar surface area (TPSA) is 96.3 Å². The van der Waals surface area contributed by atoms with Crippen LogP contribution in [-0.4, -0.2) is 52.7 Å². The second-order valence-electron chi connectivity index (χ2n) is 8.31. The molecule has 2 aliphatic heterocycles. The lowest BCUT2D eigenvalue weighted by Crippen LogP contribution is -2.60. The number of para-hydroxylation sites is 4. The van der Waals surface area contributed by atoms with Crippen molar-refractivity contribution in [1.29, 1.82) is 0 Å². The molecule has 8 nitrogen and oxygen atoms in total. The van der Waals surface area contributed by atoms with Gasteiger partial charge in [0, 0.05) is 13.2 Å². The summed E-state index contributed by atoms with van der Waals surface area (Å²) in [4.78, 5) is 5.29.